The molecule has 0 unspecified atom stereocenters. The number of rotatable bonds is 4. The second-order valence-electron chi connectivity index (χ2n) is 6.67. The first-order valence-corrected chi connectivity index (χ1v) is 8.57. The first-order chi connectivity index (χ1) is 12.3. The molecule has 0 spiro atoms. The van der Waals surface area contributed by atoms with Gasteiger partial charge in [-0.05, 0) is 30.4 Å². The molecule has 0 bridgehead atoms. The Bertz CT molecular complexity index is 690. The predicted octanol–water partition coefficient (Wildman–Crippen LogP) is 1.91. The number of nitrogens with one attached hydrogen (secondary N) is 2. The second-order valence-corrected chi connectivity index (χ2v) is 6.67. The van der Waals surface area contributed by atoms with E-state index in [-0.39, 0.29) is 17.4 Å². The van der Waals surface area contributed by atoms with Gasteiger partial charge in [0, 0.05) is 12.1 Å². The van der Waals surface area contributed by atoms with Gasteiger partial charge in [-0.3, -0.25) is 10.1 Å². The van der Waals surface area contributed by atoms with Crippen LogP contribution in [0.25, 0.3) is 0 Å². The van der Waals surface area contributed by atoms with Gasteiger partial charge in [-0.25, -0.2) is 9.59 Å². The van der Waals surface area contributed by atoms with Gasteiger partial charge in [-0.15, -0.1) is 0 Å². The lowest BCUT2D eigenvalue weighted by Crippen LogP contribution is -2.49. The second kappa shape index (κ2) is 8.55. The van der Waals surface area contributed by atoms with Gasteiger partial charge in [0.2, 0.25) is 0 Å². The summed E-state index contributed by atoms with van der Waals surface area (Å²) in [5, 5.41) is 23.7. The maximum Gasteiger partial charge on any atom is 0.342 e. The Kier molecular flexibility index (Phi) is 6.43. The molecule has 4 N–H and O–H groups in total. The van der Waals surface area contributed by atoms with Gasteiger partial charge in [-0.1, -0.05) is 26.7 Å². The highest BCUT2D eigenvalue weighted by Crippen LogP contribution is 2.29. The summed E-state index contributed by atoms with van der Waals surface area (Å²) < 4.78 is 4.77. The highest BCUT2D eigenvalue weighted by molar-refractivity contribution is 5.97. The van der Waals surface area contributed by atoms with Crippen LogP contribution in [0.2, 0.25) is 0 Å². The average Bonchev–Trinajstić information content (AvgIpc) is 2.57. The van der Waals surface area contributed by atoms with Gasteiger partial charge in [0.05, 0.1) is 0 Å². The normalized spacial score (nSPS) is 22.3. The fraction of sp³-hybridized carbons (Fsp3) is 0.500. The van der Waals surface area contributed by atoms with E-state index < -0.39 is 30.3 Å². The van der Waals surface area contributed by atoms with Crippen LogP contribution in [0.4, 0.5) is 4.79 Å². The van der Waals surface area contributed by atoms with Crippen molar-refractivity contribution in [3.8, 4) is 11.5 Å². The van der Waals surface area contributed by atoms with Gasteiger partial charge in [0.25, 0.3) is 5.91 Å². The molecule has 2 rings (SSSR count). The van der Waals surface area contributed by atoms with Crippen LogP contribution in [-0.4, -0.2) is 40.8 Å². The minimum absolute atomic E-state index is 0.00282. The largest absolute Gasteiger partial charge is 0.508 e. The van der Waals surface area contributed by atoms with Crippen LogP contribution in [-0.2, 0) is 9.53 Å². The summed E-state index contributed by atoms with van der Waals surface area (Å²) >= 11 is 0. The first-order valence-electron chi connectivity index (χ1n) is 8.57. The van der Waals surface area contributed by atoms with Crippen LogP contribution in [0.15, 0.2) is 18.2 Å². The molecule has 3 amide bonds. The zero-order valence-electron chi connectivity index (χ0n) is 14.8. The maximum absolute atomic E-state index is 11.9. The number of hydrogen-bond acceptors (Lipinski definition) is 6. The Labute approximate surface area is 151 Å². The molecular weight excluding hydrogens is 340 g/mol. The Balaban J connectivity index is 1.79. The lowest BCUT2D eigenvalue weighted by atomic mass is 9.78. The predicted molar refractivity (Wildman–Crippen MR) is 92.7 cm³/mol. The zero-order chi connectivity index (χ0) is 19.3. The van der Waals surface area contributed by atoms with Crippen LogP contribution in [0.3, 0.4) is 0 Å². The number of esters is 1. The van der Waals surface area contributed by atoms with Crippen molar-refractivity contribution in [1.82, 2.24) is 10.6 Å². The van der Waals surface area contributed by atoms with Crippen molar-refractivity contribution < 1.29 is 29.3 Å². The topological polar surface area (TPSA) is 125 Å². The van der Waals surface area contributed by atoms with Crippen molar-refractivity contribution in [3.05, 3.63) is 23.8 Å². The van der Waals surface area contributed by atoms with E-state index in [0.29, 0.717) is 11.8 Å². The summed E-state index contributed by atoms with van der Waals surface area (Å²) in [5.74, 6) is -1.56. The van der Waals surface area contributed by atoms with Crippen molar-refractivity contribution in [2.24, 2.45) is 11.8 Å². The Morgan fingerprint density at radius 3 is 2.62 bits per heavy atom. The number of imide groups is 1. The van der Waals surface area contributed by atoms with Gasteiger partial charge < -0.3 is 20.3 Å². The maximum atomic E-state index is 11.9. The zero-order valence-corrected chi connectivity index (χ0v) is 14.8. The fourth-order valence-corrected chi connectivity index (χ4v) is 3.05. The van der Waals surface area contributed by atoms with Gasteiger partial charge in [0.15, 0.2) is 6.61 Å². The SMILES string of the molecule is C[C@H]1[C@H](C)CCC[C@@H]1NC(=O)NC(=O)COC(=O)c1ccc(O)cc1O. The smallest absolute Gasteiger partial charge is 0.342 e. The van der Waals surface area contributed by atoms with E-state index >= 15 is 0 Å². The number of phenolic OH excluding ortho intramolecular Hbond substituents is 2. The molecule has 1 aliphatic rings. The van der Waals surface area contributed by atoms with Crippen LogP contribution >= 0.6 is 0 Å². The number of ether oxygens (including phenoxy) is 1. The number of carbonyl (C=O) groups excluding carboxylic acids is 3. The van der Waals surface area contributed by atoms with Crippen molar-refractivity contribution in [2.75, 3.05) is 6.61 Å². The summed E-state index contributed by atoms with van der Waals surface area (Å²) in [5.41, 5.74) is -0.190. The third kappa shape index (κ3) is 5.11. The number of urea groups is 1. The number of aromatic hydroxyl groups is 2. The molecule has 142 valence electrons. The summed E-state index contributed by atoms with van der Waals surface area (Å²) in [6.45, 7) is 3.55. The van der Waals surface area contributed by atoms with Crippen LogP contribution in [0.1, 0.15) is 43.5 Å². The quantitative estimate of drug-likeness (QED) is 0.605. The summed E-state index contributed by atoms with van der Waals surface area (Å²) in [6, 6.07) is 2.74. The van der Waals surface area contributed by atoms with Gasteiger partial charge in [0.1, 0.15) is 17.1 Å². The molecule has 0 saturated heterocycles. The molecule has 26 heavy (non-hydrogen) atoms. The molecule has 1 aromatic rings. The minimum atomic E-state index is -0.937. The van der Waals surface area contributed by atoms with Crippen molar-refractivity contribution >= 4 is 17.9 Å². The molecule has 3 atom stereocenters. The Hall–Kier alpha value is -2.77. The molecule has 1 aliphatic carbocycles. The third-order valence-corrected chi connectivity index (χ3v) is 4.81. The summed E-state index contributed by atoms with van der Waals surface area (Å²) in [4.78, 5) is 35.5. The lowest BCUT2D eigenvalue weighted by molar-refractivity contribution is -0.123. The third-order valence-electron chi connectivity index (χ3n) is 4.81. The molecule has 0 radical (unpaired) electrons. The summed E-state index contributed by atoms with van der Waals surface area (Å²) in [7, 11) is 0. The molecule has 8 nitrogen and oxygen atoms in total. The lowest BCUT2D eigenvalue weighted by Gasteiger charge is -2.34. The van der Waals surface area contributed by atoms with Crippen LogP contribution in [0.5, 0.6) is 11.5 Å². The van der Waals surface area contributed by atoms with E-state index in [9.17, 15) is 24.6 Å². The highest BCUT2D eigenvalue weighted by Gasteiger charge is 2.28. The Morgan fingerprint density at radius 2 is 1.92 bits per heavy atom. The van der Waals surface area contributed by atoms with Gasteiger partial charge in [-0.2, -0.15) is 0 Å². The van der Waals surface area contributed by atoms with Crippen molar-refractivity contribution in [3.63, 3.8) is 0 Å². The molecular formula is C18H24N2O6. The van der Waals surface area contributed by atoms with E-state index in [2.05, 4.69) is 24.5 Å². The number of benzene rings is 1. The number of hydrogen-bond donors (Lipinski definition) is 4. The first kappa shape index (κ1) is 19.6. The van der Waals surface area contributed by atoms with E-state index in [1.807, 2.05) is 0 Å². The number of phenols is 2. The van der Waals surface area contributed by atoms with Gasteiger partial charge >= 0.3 is 12.0 Å². The minimum Gasteiger partial charge on any atom is -0.508 e. The standard InChI is InChI=1S/C18H24N2O6/c1-10-4-3-5-14(11(10)2)19-18(25)20-16(23)9-26-17(24)13-7-6-12(21)8-15(13)22/h6-8,10-11,14,21-22H,3-5,9H2,1-2H3,(H2,19,20,23,25)/t10-,11+,14+/m1/s1. The van der Waals surface area contributed by atoms with Crippen LogP contribution < -0.4 is 10.6 Å². The van der Waals surface area contributed by atoms with Crippen LogP contribution in [0, 0.1) is 11.8 Å². The van der Waals surface area contributed by atoms with Crippen molar-refractivity contribution in [1.29, 1.82) is 0 Å². The van der Waals surface area contributed by atoms with E-state index in [4.69, 9.17) is 4.74 Å². The molecule has 0 aromatic heterocycles. The highest BCUT2D eigenvalue weighted by atomic mass is 16.5. The van der Waals surface area contributed by atoms with E-state index in [0.717, 1.165) is 25.3 Å². The number of amides is 3. The van der Waals surface area contributed by atoms with E-state index in [1.165, 1.54) is 12.1 Å². The number of carbonyl (C=O) groups is 3. The average molecular weight is 364 g/mol. The Morgan fingerprint density at radius 1 is 1.19 bits per heavy atom. The molecule has 1 saturated carbocycles. The van der Waals surface area contributed by atoms with Crippen molar-refractivity contribution in [2.45, 2.75) is 39.2 Å². The molecule has 8 heteroatoms. The summed E-state index contributed by atoms with van der Waals surface area (Å²) in [6.07, 6.45) is 3.01. The monoisotopic (exact) mass is 364 g/mol. The fourth-order valence-electron chi connectivity index (χ4n) is 3.05. The molecule has 0 heterocycles. The molecule has 0 aliphatic heterocycles. The van der Waals surface area contributed by atoms with E-state index in [1.54, 1.807) is 0 Å². The molecule has 1 fully saturated rings. The molecule has 1 aromatic carbocycles.